The molecule has 9 heteroatoms. The highest BCUT2D eigenvalue weighted by atomic mass is 32.2. The molecule has 2 fully saturated rings. The zero-order valence-corrected chi connectivity index (χ0v) is 20.7. The van der Waals surface area contributed by atoms with E-state index in [1.165, 1.54) is 16.2 Å². The van der Waals surface area contributed by atoms with Gasteiger partial charge in [0.1, 0.15) is 15.8 Å². The number of rotatable bonds is 4. The summed E-state index contributed by atoms with van der Waals surface area (Å²) in [5.74, 6) is 0.430. The second-order valence-corrected chi connectivity index (χ2v) is 10.2. The van der Waals surface area contributed by atoms with Crippen LogP contribution in [0.25, 0.3) is 11.7 Å². The Morgan fingerprint density at radius 2 is 1.74 bits per heavy atom. The number of hydrogen-bond donors (Lipinski definition) is 0. The number of nitrogens with zero attached hydrogens (tertiary/aromatic N) is 5. The molecule has 1 aromatic carbocycles. The maximum atomic E-state index is 13.5. The molecule has 1 amide bonds. The molecule has 34 heavy (non-hydrogen) atoms. The van der Waals surface area contributed by atoms with E-state index < -0.39 is 0 Å². The van der Waals surface area contributed by atoms with Crippen molar-refractivity contribution in [2.24, 2.45) is 0 Å². The first kappa shape index (κ1) is 22.8. The molecule has 2 aliphatic rings. The van der Waals surface area contributed by atoms with E-state index >= 15 is 0 Å². The second-order valence-electron chi connectivity index (χ2n) is 8.51. The third-order valence-corrected chi connectivity index (χ3v) is 7.65. The van der Waals surface area contributed by atoms with Gasteiger partial charge in [-0.3, -0.25) is 18.9 Å². The summed E-state index contributed by atoms with van der Waals surface area (Å²) < 4.78 is 2.02. The molecule has 5 rings (SSSR count). The fraction of sp³-hybridized carbons (Fsp3) is 0.280. The Labute approximate surface area is 207 Å². The van der Waals surface area contributed by atoms with Crippen LogP contribution in [-0.2, 0) is 4.79 Å². The summed E-state index contributed by atoms with van der Waals surface area (Å²) in [5.41, 5.74) is 1.82. The van der Waals surface area contributed by atoms with Crippen LogP contribution in [0.4, 0.5) is 5.82 Å². The van der Waals surface area contributed by atoms with Crippen molar-refractivity contribution in [1.82, 2.24) is 19.2 Å². The maximum Gasteiger partial charge on any atom is 0.267 e. The Bertz CT molecular complexity index is 1350. The molecule has 0 radical (unpaired) electrons. The van der Waals surface area contributed by atoms with Gasteiger partial charge in [-0.1, -0.05) is 60.4 Å². The number of benzene rings is 1. The maximum absolute atomic E-state index is 13.5. The van der Waals surface area contributed by atoms with Crippen LogP contribution < -0.4 is 10.5 Å². The lowest BCUT2D eigenvalue weighted by molar-refractivity contribution is -0.123. The van der Waals surface area contributed by atoms with Crippen LogP contribution in [0.2, 0.25) is 0 Å². The van der Waals surface area contributed by atoms with E-state index in [9.17, 15) is 9.59 Å². The van der Waals surface area contributed by atoms with E-state index in [2.05, 4.69) is 16.8 Å². The van der Waals surface area contributed by atoms with Crippen molar-refractivity contribution in [1.29, 1.82) is 0 Å². The second kappa shape index (κ2) is 9.32. The van der Waals surface area contributed by atoms with Crippen molar-refractivity contribution < 1.29 is 4.79 Å². The molecule has 3 aromatic rings. The van der Waals surface area contributed by atoms with Crippen LogP contribution in [0.5, 0.6) is 0 Å². The smallest absolute Gasteiger partial charge is 0.267 e. The first-order chi connectivity index (χ1) is 16.4. The van der Waals surface area contributed by atoms with Crippen molar-refractivity contribution >= 4 is 51.7 Å². The Kier molecular flexibility index (Phi) is 6.24. The molecule has 4 heterocycles. The van der Waals surface area contributed by atoms with Crippen molar-refractivity contribution in [2.75, 3.05) is 38.1 Å². The molecule has 2 aliphatic heterocycles. The molecule has 1 atom stereocenters. The Balaban J connectivity index is 1.57. The topological polar surface area (TPSA) is 61.2 Å². The predicted molar refractivity (Wildman–Crippen MR) is 141 cm³/mol. The highest BCUT2D eigenvalue weighted by Crippen LogP contribution is 2.38. The summed E-state index contributed by atoms with van der Waals surface area (Å²) in [6, 6.07) is 15.1. The van der Waals surface area contributed by atoms with Crippen molar-refractivity contribution in [3.8, 4) is 0 Å². The number of anilines is 1. The van der Waals surface area contributed by atoms with E-state index in [4.69, 9.17) is 17.2 Å². The lowest BCUT2D eigenvalue weighted by atomic mass is 10.1. The van der Waals surface area contributed by atoms with Gasteiger partial charge in [-0.2, -0.15) is 0 Å². The van der Waals surface area contributed by atoms with Crippen molar-refractivity contribution in [3.63, 3.8) is 0 Å². The van der Waals surface area contributed by atoms with E-state index in [0.717, 1.165) is 31.7 Å². The molecule has 1 unspecified atom stereocenters. The lowest BCUT2D eigenvalue weighted by Crippen LogP contribution is -2.45. The summed E-state index contributed by atoms with van der Waals surface area (Å²) in [7, 11) is 2.08. The molecular weight excluding hydrogens is 466 g/mol. The van der Waals surface area contributed by atoms with E-state index in [0.29, 0.717) is 26.3 Å². The lowest BCUT2D eigenvalue weighted by Gasteiger charge is -2.34. The minimum absolute atomic E-state index is 0.187. The molecule has 0 saturated carbocycles. The normalized spacial score (nSPS) is 19.4. The van der Waals surface area contributed by atoms with Crippen molar-refractivity contribution in [3.05, 3.63) is 81.1 Å². The molecular formula is C25H25N5O2S2. The molecule has 0 N–H and O–H groups in total. The van der Waals surface area contributed by atoms with Gasteiger partial charge in [0.15, 0.2) is 0 Å². The highest BCUT2D eigenvalue weighted by Gasteiger charge is 2.36. The fourth-order valence-electron chi connectivity index (χ4n) is 4.30. The van der Waals surface area contributed by atoms with Gasteiger partial charge >= 0.3 is 0 Å². The number of hydrogen-bond acceptors (Lipinski definition) is 7. The average molecular weight is 492 g/mol. The predicted octanol–water partition coefficient (Wildman–Crippen LogP) is 3.41. The van der Waals surface area contributed by atoms with Crippen LogP contribution in [0.15, 0.2) is 64.4 Å². The van der Waals surface area contributed by atoms with Crippen molar-refractivity contribution in [2.45, 2.75) is 13.0 Å². The zero-order chi connectivity index (χ0) is 23.8. The molecule has 7 nitrogen and oxygen atoms in total. The molecule has 2 aromatic heterocycles. The van der Waals surface area contributed by atoms with Gasteiger partial charge in [0, 0.05) is 32.4 Å². The number of pyridine rings is 1. The van der Waals surface area contributed by atoms with Gasteiger partial charge in [0.05, 0.1) is 16.5 Å². The molecule has 0 spiro atoms. The Morgan fingerprint density at radius 3 is 2.47 bits per heavy atom. The van der Waals surface area contributed by atoms with Gasteiger partial charge in [0.2, 0.25) is 0 Å². The number of carbonyl (C=O) groups is 1. The SMILES string of the molecule is CC(c1ccccc1)N1C(=O)/C(=C/c2c(N3CCN(C)CC3)nc3ccccn3c2=O)SC1=S. The van der Waals surface area contributed by atoms with Gasteiger partial charge in [-0.05, 0) is 37.7 Å². The fourth-order valence-corrected chi connectivity index (χ4v) is 5.70. The van der Waals surface area contributed by atoms with E-state index in [-0.39, 0.29) is 17.5 Å². The average Bonchev–Trinajstić information content (AvgIpc) is 3.14. The number of piperazine rings is 1. The van der Waals surface area contributed by atoms with E-state index in [1.807, 2.05) is 49.4 Å². The van der Waals surface area contributed by atoms with Crippen LogP contribution >= 0.6 is 24.0 Å². The Hall–Kier alpha value is -3.01. The number of amides is 1. The number of likely N-dealkylation sites (N-methyl/N-ethyl adjacent to an activating group) is 1. The Morgan fingerprint density at radius 1 is 1.03 bits per heavy atom. The summed E-state index contributed by atoms with van der Waals surface area (Å²) >= 11 is 6.82. The van der Waals surface area contributed by atoms with E-state index in [1.54, 1.807) is 23.2 Å². The van der Waals surface area contributed by atoms with Gasteiger partial charge < -0.3 is 9.80 Å². The number of aromatic nitrogens is 2. The van der Waals surface area contributed by atoms with Crippen LogP contribution in [0.3, 0.4) is 0 Å². The first-order valence-corrected chi connectivity index (χ1v) is 12.4. The minimum atomic E-state index is -0.201. The van der Waals surface area contributed by atoms with Gasteiger partial charge in [0.25, 0.3) is 11.5 Å². The standard InChI is InChI=1S/C25H25N5O2S2/c1-17(18-8-4-3-5-9-18)30-24(32)20(34-25(30)33)16-19-22(28-14-12-27(2)13-15-28)26-21-10-6-7-11-29(21)23(19)31/h3-11,16-17H,12-15H2,1-2H3/b20-16-. The third-order valence-electron chi connectivity index (χ3n) is 6.32. The third kappa shape index (κ3) is 4.15. The van der Waals surface area contributed by atoms with Crippen LogP contribution in [-0.4, -0.2) is 62.6 Å². The van der Waals surface area contributed by atoms with Gasteiger partial charge in [-0.25, -0.2) is 4.98 Å². The number of carbonyl (C=O) groups excluding carboxylic acids is 1. The molecule has 0 aliphatic carbocycles. The monoisotopic (exact) mass is 491 g/mol. The summed E-state index contributed by atoms with van der Waals surface area (Å²) in [4.78, 5) is 38.3. The zero-order valence-electron chi connectivity index (χ0n) is 19.0. The van der Waals surface area contributed by atoms with Gasteiger partial charge in [-0.15, -0.1) is 0 Å². The minimum Gasteiger partial charge on any atom is -0.353 e. The largest absolute Gasteiger partial charge is 0.353 e. The first-order valence-electron chi connectivity index (χ1n) is 11.2. The molecule has 0 bridgehead atoms. The highest BCUT2D eigenvalue weighted by molar-refractivity contribution is 8.26. The summed E-state index contributed by atoms with van der Waals surface area (Å²) in [6.07, 6.45) is 3.39. The van der Waals surface area contributed by atoms with Crippen LogP contribution in [0.1, 0.15) is 24.1 Å². The quantitative estimate of drug-likeness (QED) is 0.409. The van der Waals surface area contributed by atoms with Crippen LogP contribution in [0, 0.1) is 0 Å². The molecule has 174 valence electrons. The number of thiocarbonyl (C=S) groups is 1. The summed E-state index contributed by atoms with van der Waals surface area (Å²) in [5, 5.41) is 0. The number of thioether (sulfide) groups is 1. The number of fused-ring (bicyclic) bond motifs is 1. The molecule has 2 saturated heterocycles. The summed E-state index contributed by atoms with van der Waals surface area (Å²) in [6.45, 7) is 5.25.